The van der Waals surface area contributed by atoms with Gasteiger partial charge in [-0.1, -0.05) is 6.07 Å². The summed E-state index contributed by atoms with van der Waals surface area (Å²) in [7, 11) is 0. The van der Waals surface area contributed by atoms with Crippen molar-refractivity contribution in [3.8, 4) is 5.88 Å². The average molecular weight is 248 g/mol. The maximum atomic E-state index is 5.88. The van der Waals surface area contributed by atoms with Crippen molar-refractivity contribution in [1.29, 1.82) is 0 Å². The van der Waals surface area contributed by atoms with Gasteiger partial charge in [-0.05, 0) is 31.2 Å². The molecule has 0 amide bonds. The van der Waals surface area contributed by atoms with E-state index >= 15 is 0 Å². The molecule has 2 saturated heterocycles. The van der Waals surface area contributed by atoms with Gasteiger partial charge in [-0.3, -0.25) is 0 Å². The molecular formula is C14H20N2O2. The number of pyridine rings is 1. The van der Waals surface area contributed by atoms with E-state index in [0.29, 0.717) is 0 Å². The molecule has 1 atom stereocenters. The van der Waals surface area contributed by atoms with Gasteiger partial charge in [0.25, 0.3) is 0 Å². The normalized spacial score (nSPS) is 25.7. The van der Waals surface area contributed by atoms with Crippen LogP contribution >= 0.6 is 0 Å². The molecule has 1 unspecified atom stereocenters. The van der Waals surface area contributed by atoms with E-state index in [4.69, 9.17) is 9.47 Å². The van der Waals surface area contributed by atoms with E-state index in [0.717, 1.165) is 50.9 Å². The van der Waals surface area contributed by atoms with Crippen LogP contribution in [-0.2, 0) is 4.74 Å². The zero-order valence-corrected chi connectivity index (χ0v) is 10.6. The van der Waals surface area contributed by atoms with Gasteiger partial charge >= 0.3 is 0 Å². The van der Waals surface area contributed by atoms with Crippen LogP contribution in [0.4, 0.5) is 0 Å². The number of rotatable bonds is 4. The number of nitrogens with zero attached hydrogens (tertiary/aromatic N) is 1. The fraction of sp³-hybridized carbons (Fsp3) is 0.643. The molecular weight excluding hydrogens is 228 g/mol. The first-order valence-electron chi connectivity index (χ1n) is 6.75. The Morgan fingerprint density at radius 3 is 3.11 bits per heavy atom. The van der Waals surface area contributed by atoms with Gasteiger partial charge in [0.1, 0.15) is 0 Å². The molecule has 2 aliphatic heterocycles. The van der Waals surface area contributed by atoms with Crippen molar-refractivity contribution in [2.75, 3.05) is 26.3 Å². The van der Waals surface area contributed by atoms with Crippen molar-refractivity contribution in [3.63, 3.8) is 0 Å². The Hall–Kier alpha value is -1.13. The van der Waals surface area contributed by atoms with Crippen LogP contribution in [0, 0.1) is 5.92 Å². The molecule has 3 rings (SSSR count). The first kappa shape index (κ1) is 11.9. The summed E-state index contributed by atoms with van der Waals surface area (Å²) >= 11 is 0. The molecule has 1 aromatic rings. The first-order valence-corrected chi connectivity index (χ1v) is 6.75. The Morgan fingerprint density at radius 1 is 1.44 bits per heavy atom. The summed E-state index contributed by atoms with van der Waals surface area (Å²) < 4.78 is 11.5. The summed E-state index contributed by atoms with van der Waals surface area (Å²) in [6, 6.07) is 5.76. The van der Waals surface area contributed by atoms with Crippen molar-refractivity contribution in [2.45, 2.75) is 24.9 Å². The highest BCUT2D eigenvalue weighted by atomic mass is 16.5. The number of hydrogen-bond acceptors (Lipinski definition) is 4. The topological polar surface area (TPSA) is 43.4 Å². The number of ether oxygens (including phenoxy) is 2. The standard InChI is InChI=1S/C14H20N2O2/c1-2-6-16-13(3-1)17-7-4-12-5-8-18-14(9-12)10-15-11-14/h1-3,6,12,15H,4-5,7-11H2. The van der Waals surface area contributed by atoms with Crippen molar-refractivity contribution in [2.24, 2.45) is 5.92 Å². The summed E-state index contributed by atoms with van der Waals surface area (Å²) in [5.41, 5.74) is 0.147. The highest BCUT2D eigenvalue weighted by molar-refractivity contribution is 5.09. The molecule has 0 bridgehead atoms. The third-order valence-corrected chi connectivity index (χ3v) is 3.90. The van der Waals surface area contributed by atoms with Gasteiger partial charge in [0.05, 0.1) is 12.2 Å². The molecule has 0 radical (unpaired) electrons. The molecule has 0 aromatic carbocycles. The molecule has 0 aliphatic carbocycles. The summed E-state index contributed by atoms with van der Waals surface area (Å²) in [6.07, 6.45) is 5.19. The van der Waals surface area contributed by atoms with Crippen molar-refractivity contribution in [3.05, 3.63) is 24.4 Å². The Balaban J connectivity index is 1.43. The van der Waals surface area contributed by atoms with E-state index in [1.54, 1.807) is 6.20 Å². The van der Waals surface area contributed by atoms with Crippen LogP contribution in [0.2, 0.25) is 0 Å². The predicted octanol–water partition coefficient (Wildman–Crippen LogP) is 1.62. The van der Waals surface area contributed by atoms with Crippen LogP contribution in [0.1, 0.15) is 19.3 Å². The molecule has 18 heavy (non-hydrogen) atoms. The SMILES string of the molecule is c1ccc(OCCC2CCOC3(CNC3)C2)nc1. The zero-order valence-electron chi connectivity index (χ0n) is 10.6. The minimum absolute atomic E-state index is 0.147. The summed E-state index contributed by atoms with van der Waals surface area (Å²) in [5.74, 6) is 1.45. The van der Waals surface area contributed by atoms with Crippen LogP contribution in [0.25, 0.3) is 0 Å². The van der Waals surface area contributed by atoms with Gasteiger partial charge in [-0.25, -0.2) is 4.98 Å². The smallest absolute Gasteiger partial charge is 0.213 e. The molecule has 1 aromatic heterocycles. The highest BCUT2D eigenvalue weighted by Gasteiger charge is 2.42. The molecule has 1 spiro atoms. The zero-order chi connectivity index (χ0) is 12.3. The van der Waals surface area contributed by atoms with Crippen LogP contribution in [0.3, 0.4) is 0 Å². The monoisotopic (exact) mass is 248 g/mol. The average Bonchev–Trinajstić information content (AvgIpc) is 2.39. The minimum atomic E-state index is 0.147. The summed E-state index contributed by atoms with van der Waals surface area (Å²) in [4.78, 5) is 4.16. The van der Waals surface area contributed by atoms with E-state index in [-0.39, 0.29) is 5.60 Å². The third-order valence-electron chi connectivity index (χ3n) is 3.90. The van der Waals surface area contributed by atoms with Gasteiger partial charge in [-0.15, -0.1) is 0 Å². The lowest BCUT2D eigenvalue weighted by Crippen LogP contribution is -2.63. The highest BCUT2D eigenvalue weighted by Crippen LogP contribution is 2.33. The lowest BCUT2D eigenvalue weighted by atomic mass is 9.80. The maximum Gasteiger partial charge on any atom is 0.213 e. The van der Waals surface area contributed by atoms with Crippen molar-refractivity contribution >= 4 is 0 Å². The Kier molecular flexibility index (Phi) is 3.48. The molecule has 4 nitrogen and oxygen atoms in total. The van der Waals surface area contributed by atoms with Crippen LogP contribution < -0.4 is 10.1 Å². The van der Waals surface area contributed by atoms with E-state index in [2.05, 4.69) is 10.3 Å². The van der Waals surface area contributed by atoms with Crippen molar-refractivity contribution in [1.82, 2.24) is 10.3 Å². The van der Waals surface area contributed by atoms with Gasteiger partial charge in [-0.2, -0.15) is 0 Å². The lowest BCUT2D eigenvalue weighted by Gasteiger charge is -2.47. The van der Waals surface area contributed by atoms with Gasteiger partial charge in [0.15, 0.2) is 0 Å². The fourth-order valence-electron chi connectivity index (χ4n) is 2.79. The second-order valence-electron chi connectivity index (χ2n) is 5.30. The van der Waals surface area contributed by atoms with Crippen molar-refractivity contribution < 1.29 is 9.47 Å². The number of nitrogens with one attached hydrogen (secondary N) is 1. The fourth-order valence-corrected chi connectivity index (χ4v) is 2.79. The van der Waals surface area contributed by atoms with Crippen LogP contribution in [0.5, 0.6) is 5.88 Å². The molecule has 98 valence electrons. The second kappa shape index (κ2) is 5.24. The number of aromatic nitrogens is 1. The maximum absolute atomic E-state index is 5.88. The van der Waals surface area contributed by atoms with E-state index in [1.165, 1.54) is 6.42 Å². The lowest BCUT2D eigenvalue weighted by molar-refractivity contribution is -0.128. The second-order valence-corrected chi connectivity index (χ2v) is 5.30. The van der Waals surface area contributed by atoms with E-state index in [9.17, 15) is 0 Å². The third kappa shape index (κ3) is 2.65. The van der Waals surface area contributed by atoms with Crippen LogP contribution in [0.15, 0.2) is 24.4 Å². The molecule has 1 N–H and O–H groups in total. The first-order chi connectivity index (χ1) is 8.86. The number of hydrogen-bond donors (Lipinski definition) is 1. The predicted molar refractivity (Wildman–Crippen MR) is 68.6 cm³/mol. The largest absolute Gasteiger partial charge is 0.478 e. The molecule has 2 aliphatic rings. The van der Waals surface area contributed by atoms with E-state index in [1.807, 2.05) is 18.2 Å². The van der Waals surface area contributed by atoms with E-state index < -0.39 is 0 Å². The Morgan fingerprint density at radius 2 is 2.39 bits per heavy atom. The van der Waals surface area contributed by atoms with Gasteiger partial charge in [0.2, 0.25) is 5.88 Å². The minimum Gasteiger partial charge on any atom is -0.478 e. The van der Waals surface area contributed by atoms with Gasteiger partial charge in [0, 0.05) is 32.0 Å². The molecule has 2 fully saturated rings. The molecule has 3 heterocycles. The van der Waals surface area contributed by atoms with Crippen LogP contribution in [-0.4, -0.2) is 36.9 Å². The molecule has 4 heteroatoms. The van der Waals surface area contributed by atoms with Gasteiger partial charge < -0.3 is 14.8 Å². The molecule has 0 saturated carbocycles. The quantitative estimate of drug-likeness (QED) is 0.879. The Labute approximate surface area is 108 Å². The summed E-state index contributed by atoms with van der Waals surface area (Å²) in [6.45, 7) is 3.69. The Bertz CT molecular complexity index is 379. The summed E-state index contributed by atoms with van der Waals surface area (Å²) in [5, 5.41) is 3.31.